The van der Waals surface area contributed by atoms with Crippen molar-refractivity contribution in [1.29, 1.82) is 0 Å². The number of benzene rings is 2. The van der Waals surface area contributed by atoms with E-state index in [1.54, 1.807) is 0 Å². The Kier molecular flexibility index (Phi) is 2.89. The van der Waals surface area contributed by atoms with Crippen molar-refractivity contribution >= 4 is 23.2 Å². The summed E-state index contributed by atoms with van der Waals surface area (Å²) in [5, 5.41) is 5.77. The molecule has 2 aromatic carbocycles. The van der Waals surface area contributed by atoms with Gasteiger partial charge in [-0.15, -0.1) is 12.4 Å². The van der Waals surface area contributed by atoms with E-state index in [0.29, 0.717) is 0 Å². The Morgan fingerprint density at radius 3 is 2.31 bits per heavy atom. The van der Waals surface area contributed by atoms with Gasteiger partial charge >= 0.3 is 0 Å². The van der Waals surface area contributed by atoms with E-state index in [4.69, 9.17) is 5.73 Å². The van der Waals surface area contributed by atoms with Crippen molar-refractivity contribution < 1.29 is 0 Å². The third-order valence-electron chi connectivity index (χ3n) is 3.21. The molecular weight excluding hydrogens is 220 g/mol. The zero-order valence-corrected chi connectivity index (χ0v) is 9.76. The number of halogens is 1. The Labute approximate surface area is 101 Å². The van der Waals surface area contributed by atoms with Crippen LogP contribution in [-0.4, -0.2) is 13.1 Å². The molecule has 3 N–H and O–H groups in total. The van der Waals surface area contributed by atoms with Crippen molar-refractivity contribution in [2.24, 2.45) is 5.73 Å². The van der Waals surface area contributed by atoms with Gasteiger partial charge in [0.05, 0.1) is 5.54 Å². The van der Waals surface area contributed by atoms with E-state index in [0.717, 1.165) is 13.1 Å². The molecule has 3 heteroatoms. The molecule has 0 aliphatic carbocycles. The second-order valence-corrected chi connectivity index (χ2v) is 4.32. The third-order valence-corrected chi connectivity index (χ3v) is 3.21. The lowest BCUT2D eigenvalue weighted by molar-refractivity contribution is 0.287. The molecule has 16 heavy (non-hydrogen) atoms. The number of fused-ring (bicyclic) bond motifs is 1. The van der Waals surface area contributed by atoms with Crippen LogP contribution in [0, 0.1) is 0 Å². The summed E-state index contributed by atoms with van der Waals surface area (Å²) in [4.78, 5) is 0. The number of nitrogens with one attached hydrogen (secondary N) is 1. The molecule has 0 radical (unpaired) electrons. The zero-order chi connectivity index (χ0) is 10.3. The van der Waals surface area contributed by atoms with Crippen LogP contribution in [0.1, 0.15) is 5.56 Å². The fourth-order valence-corrected chi connectivity index (χ4v) is 2.10. The summed E-state index contributed by atoms with van der Waals surface area (Å²) in [7, 11) is 0. The molecule has 0 saturated carbocycles. The molecular formula is C13H15ClN2. The fraction of sp³-hybridized carbons (Fsp3) is 0.231. The van der Waals surface area contributed by atoms with Gasteiger partial charge < -0.3 is 11.1 Å². The maximum absolute atomic E-state index is 6.25. The molecule has 0 bridgehead atoms. The first-order valence-corrected chi connectivity index (χ1v) is 5.27. The monoisotopic (exact) mass is 234 g/mol. The van der Waals surface area contributed by atoms with Gasteiger partial charge in [-0.2, -0.15) is 0 Å². The predicted octanol–water partition coefficient (Wildman–Crippen LogP) is 2.02. The van der Waals surface area contributed by atoms with E-state index in [9.17, 15) is 0 Å². The first-order valence-electron chi connectivity index (χ1n) is 5.27. The molecule has 1 aliphatic heterocycles. The van der Waals surface area contributed by atoms with Gasteiger partial charge in [0.25, 0.3) is 0 Å². The minimum absolute atomic E-state index is 0. The Morgan fingerprint density at radius 1 is 1.00 bits per heavy atom. The Bertz CT molecular complexity index is 506. The highest BCUT2D eigenvalue weighted by Crippen LogP contribution is 2.25. The van der Waals surface area contributed by atoms with Crippen LogP contribution in [0.2, 0.25) is 0 Å². The van der Waals surface area contributed by atoms with Crippen molar-refractivity contribution in [3.63, 3.8) is 0 Å². The topological polar surface area (TPSA) is 38.0 Å². The highest BCUT2D eigenvalue weighted by molar-refractivity contribution is 5.85. The molecule has 84 valence electrons. The molecule has 3 rings (SSSR count). The van der Waals surface area contributed by atoms with E-state index in [-0.39, 0.29) is 17.9 Å². The van der Waals surface area contributed by atoms with Crippen LogP contribution >= 0.6 is 12.4 Å². The van der Waals surface area contributed by atoms with Crippen molar-refractivity contribution in [3.8, 4) is 0 Å². The van der Waals surface area contributed by atoms with E-state index >= 15 is 0 Å². The van der Waals surface area contributed by atoms with Crippen molar-refractivity contribution in [1.82, 2.24) is 5.32 Å². The van der Waals surface area contributed by atoms with E-state index in [1.165, 1.54) is 16.3 Å². The van der Waals surface area contributed by atoms with Crippen molar-refractivity contribution in [2.75, 3.05) is 13.1 Å². The molecule has 1 heterocycles. The van der Waals surface area contributed by atoms with E-state index < -0.39 is 0 Å². The molecule has 0 amide bonds. The number of hydrogen-bond acceptors (Lipinski definition) is 2. The van der Waals surface area contributed by atoms with Gasteiger partial charge in [-0.05, 0) is 22.4 Å². The average Bonchev–Trinajstić information content (AvgIpc) is 2.25. The summed E-state index contributed by atoms with van der Waals surface area (Å²) in [5.74, 6) is 0. The van der Waals surface area contributed by atoms with Gasteiger partial charge in [0.1, 0.15) is 0 Å². The fourth-order valence-electron chi connectivity index (χ4n) is 2.10. The molecule has 2 aromatic rings. The van der Waals surface area contributed by atoms with Gasteiger partial charge in [-0.25, -0.2) is 0 Å². The van der Waals surface area contributed by atoms with Crippen LogP contribution in [0.3, 0.4) is 0 Å². The highest BCUT2D eigenvalue weighted by atomic mass is 35.5. The quantitative estimate of drug-likeness (QED) is 0.793. The summed E-state index contributed by atoms with van der Waals surface area (Å²) >= 11 is 0. The second-order valence-electron chi connectivity index (χ2n) is 4.32. The van der Waals surface area contributed by atoms with Gasteiger partial charge in [-0.3, -0.25) is 0 Å². The number of nitrogens with two attached hydrogens (primary N) is 1. The third kappa shape index (κ3) is 1.69. The Morgan fingerprint density at radius 2 is 1.69 bits per heavy atom. The lowest BCUT2D eigenvalue weighted by Gasteiger charge is -2.39. The summed E-state index contributed by atoms with van der Waals surface area (Å²) in [6, 6.07) is 14.9. The molecule has 0 unspecified atom stereocenters. The van der Waals surface area contributed by atoms with Gasteiger partial charge in [0.15, 0.2) is 0 Å². The molecule has 0 aromatic heterocycles. The minimum atomic E-state index is -0.149. The van der Waals surface area contributed by atoms with Crippen LogP contribution in [0.15, 0.2) is 42.5 Å². The largest absolute Gasteiger partial charge is 0.319 e. The normalized spacial score (nSPS) is 17.6. The lowest BCUT2D eigenvalue weighted by Crippen LogP contribution is -2.62. The summed E-state index contributed by atoms with van der Waals surface area (Å²) in [6.07, 6.45) is 0. The van der Waals surface area contributed by atoms with Gasteiger partial charge in [-0.1, -0.05) is 36.4 Å². The number of rotatable bonds is 1. The van der Waals surface area contributed by atoms with Crippen LogP contribution in [0.5, 0.6) is 0 Å². The van der Waals surface area contributed by atoms with Crippen LogP contribution < -0.4 is 11.1 Å². The molecule has 2 nitrogen and oxygen atoms in total. The lowest BCUT2D eigenvalue weighted by atomic mass is 9.84. The molecule has 0 atom stereocenters. The minimum Gasteiger partial charge on any atom is -0.319 e. The van der Waals surface area contributed by atoms with Crippen molar-refractivity contribution in [2.45, 2.75) is 5.54 Å². The highest BCUT2D eigenvalue weighted by Gasteiger charge is 2.33. The SMILES string of the molecule is Cl.NC1(c2ccc3ccccc3c2)CNC1. The second kappa shape index (κ2) is 4.06. The summed E-state index contributed by atoms with van der Waals surface area (Å²) in [5.41, 5.74) is 7.34. The first kappa shape index (κ1) is 11.4. The first-order chi connectivity index (χ1) is 7.28. The van der Waals surface area contributed by atoms with Gasteiger partial charge in [0.2, 0.25) is 0 Å². The van der Waals surface area contributed by atoms with Gasteiger partial charge in [0, 0.05) is 13.1 Å². The Hall–Kier alpha value is -1.09. The summed E-state index contributed by atoms with van der Waals surface area (Å²) in [6.45, 7) is 1.76. The van der Waals surface area contributed by atoms with Crippen molar-refractivity contribution in [3.05, 3.63) is 48.0 Å². The van der Waals surface area contributed by atoms with Crippen LogP contribution in [0.4, 0.5) is 0 Å². The van der Waals surface area contributed by atoms with E-state index in [2.05, 4.69) is 47.8 Å². The molecule has 1 fully saturated rings. The smallest absolute Gasteiger partial charge is 0.0662 e. The van der Waals surface area contributed by atoms with Crippen LogP contribution in [-0.2, 0) is 5.54 Å². The summed E-state index contributed by atoms with van der Waals surface area (Å²) < 4.78 is 0. The Balaban J connectivity index is 0.000000963. The van der Waals surface area contributed by atoms with Crippen LogP contribution in [0.25, 0.3) is 10.8 Å². The average molecular weight is 235 g/mol. The maximum atomic E-state index is 6.25. The van der Waals surface area contributed by atoms with E-state index in [1.807, 2.05) is 0 Å². The zero-order valence-electron chi connectivity index (χ0n) is 8.94. The number of hydrogen-bond donors (Lipinski definition) is 2. The molecule has 0 spiro atoms. The standard InChI is InChI=1S/C13H14N2.ClH/c14-13(8-15-9-13)12-6-5-10-3-1-2-4-11(10)7-12;/h1-7,15H,8-9,14H2;1H. The maximum Gasteiger partial charge on any atom is 0.0662 e. The molecule has 1 aliphatic rings. The molecule has 1 saturated heterocycles. The predicted molar refractivity (Wildman–Crippen MR) is 69.9 cm³/mol.